The number of fused-ring (bicyclic) bond motifs is 1. The van der Waals surface area contributed by atoms with Gasteiger partial charge in [0.2, 0.25) is 0 Å². The van der Waals surface area contributed by atoms with Gasteiger partial charge in [-0.25, -0.2) is 4.98 Å². The average Bonchev–Trinajstić information content (AvgIpc) is 3.44. The van der Waals surface area contributed by atoms with Crippen molar-refractivity contribution in [3.63, 3.8) is 0 Å². The quantitative estimate of drug-likeness (QED) is 0.289. The Labute approximate surface area is 205 Å². The Kier molecular flexibility index (Phi) is 7.54. The summed E-state index contributed by atoms with van der Waals surface area (Å²) in [6, 6.07) is 7.55. The fourth-order valence-corrected chi connectivity index (χ4v) is 5.78. The molecular formula is C30H42N4. The standard InChI is InChI=1S/C30H42N4/c1-3-5-7-8-23(24-14-17-31-21-24)20-25-10-13-28-30(32-25)29(27(33-28)9-6-4-2)22-15-18-34(19-16-22)26-11-12-26/h10,13-14,17,20-22,26,31,33H,3-9,11-12,15-16,18-19H2,1-2H3/b23-20+. The Morgan fingerprint density at radius 3 is 2.56 bits per heavy atom. The van der Waals surface area contributed by atoms with Crippen molar-refractivity contribution in [1.29, 1.82) is 0 Å². The fraction of sp³-hybridized carbons (Fsp3) is 0.567. The third kappa shape index (κ3) is 5.33. The molecule has 0 amide bonds. The average molecular weight is 459 g/mol. The number of hydrogen-bond donors (Lipinski definition) is 2. The molecule has 1 aliphatic carbocycles. The zero-order valence-electron chi connectivity index (χ0n) is 21.2. The van der Waals surface area contributed by atoms with E-state index >= 15 is 0 Å². The summed E-state index contributed by atoms with van der Waals surface area (Å²) in [6.45, 7) is 7.07. The van der Waals surface area contributed by atoms with E-state index < -0.39 is 0 Å². The van der Waals surface area contributed by atoms with Gasteiger partial charge in [0.05, 0.1) is 16.7 Å². The molecule has 0 radical (unpaired) electrons. The molecule has 4 heterocycles. The minimum absolute atomic E-state index is 0.635. The smallest absolute Gasteiger partial charge is 0.0923 e. The van der Waals surface area contributed by atoms with Gasteiger partial charge in [-0.3, -0.25) is 0 Å². The first-order valence-electron chi connectivity index (χ1n) is 13.9. The molecule has 0 spiro atoms. The Hall–Kier alpha value is -2.33. The van der Waals surface area contributed by atoms with E-state index in [0.717, 1.165) is 24.6 Å². The van der Waals surface area contributed by atoms with Gasteiger partial charge in [-0.2, -0.15) is 0 Å². The molecule has 3 aromatic heterocycles. The minimum Gasteiger partial charge on any atom is -0.367 e. The molecule has 4 heteroatoms. The van der Waals surface area contributed by atoms with Gasteiger partial charge >= 0.3 is 0 Å². The summed E-state index contributed by atoms with van der Waals surface area (Å²) in [5.74, 6) is 0.635. The number of likely N-dealkylation sites (tertiary alicyclic amines) is 1. The van der Waals surface area contributed by atoms with Crippen LogP contribution < -0.4 is 0 Å². The number of pyridine rings is 1. The molecule has 2 N–H and O–H groups in total. The molecule has 0 aromatic carbocycles. The zero-order valence-corrected chi connectivity index (χ0v) is 21.2. The van der Waals surface area contributed by atoms with Gasteiger partial charge < -0.3 is 14.9 Å². The summed E-state index contributed by atoms with van der Waals surface area (Å²) < 4.78 is 0. The van der Waals surface area contributed by atoms with Gasteiger partial charge in [0.1, 0.15) is 0 Å². The van der Waals surface area contributed by atoms with Gasteiger partial charge in [-0.15, -0.1) is 0 Å². The van der Waals surface area contributed by atoms with Crippen molar-refractivity contribution in [2.75, 3.05) is 13.1 Å². The topological polar surface area (TPSA) is 47.7 Å². The van der Waals surface area contributed by atoms with Gasteiger partial charge in [-0.05, 0) is 106 Å². The van der Waals surface area contributed by atoms with Crippen LogP contribution in [0.4, 0.5) is 0 Å². The number of unbranched alkanes of at least 4 members (excludes halogenated alkanes) is 3. The van der Waals surface area contributed by atoms with E-state index in [-0.39, 0.29) is 0 Å². The number of nitrogens with one attached hydrogen (secondary N) is 2. The monoisotopic (exact) mass is 458 g/mol. The first-order chi connectivity index (χ1) is 16.8. The first kappa shape index (κ1) is 23.4. The largest absolute Gasteiger partial charge is 0.367 e. The predicted molar refractivity (Wildman–Crippen MR) is 144 cm³/mol. The summed E-state index contributed by atoms with van der Waals surface area (Å²) in [7, 11) is 0. The number of rotatable bonds is 11. The minimum atomic E-state index is 0.635. The van der Waals surface area contributed by atoms with Crippen molar-refractivity contribution in [3.8, 4) is 0 Å². The van der Waals surface area contributed by atoms with Crippen molar-refractivity contribution < 1.29 is 0 Å². The van der Waals surface area contributed by atoms with Crippen LogP contribution >= 0.6 is 0 Å². The number of aromatic amines is 2. The molecule has 1 aliphatic heterocycles. The van der Waals surface area contributed by atoms with Crippen LogP contribution in [0, 0.1) is 0 Å². The van der Waals surface area contributed by atoms with Crippen molar-refractivity contribution in [1.82, 2.24) is 19.9 Å². The second kappa shape index (κ2) is 10.9. The van der Waals surface area contributed by atoms with Crippen molar-refractivity contribution in [2.24, 2.45) is 0 Å². The molecule has 34 heavy (non-hydrogen) atoms. The van der Waals surface area contributed by atoms with Crippen molar-refractivity contribution in [2.45, 2.75) is 96.4 Å². The number of nitrogens with zero attached hydrogens (tertiary/aromatic N) is 2. The second-order valence-electron chi connectivity index (χ2n) is 10.5. The molecule has 0 unspecified atom stereocenters. The predicted octanol–water partition coefficient (Wildman–Crippen LogP) is 7.70. The van der Waals surface area contributed by atoms with Crippen LogP contribution in [-0.4, -0.2) is 39.0 Å². The third-order valence-electron chi connectivity index (χ3n) is 7.90. The number of aromatic nitrogens is 3. The van der Waals surface area contributed by atoms with E-state index in [2.05, 4.69) is 59.2 Å². The molecule has 5 rings (SSSR count). The van der Waals surface area contributed by atoms with Crippen LogP contribution in [0.1, 0.15) is 106 Å². The number of H-pyrrole nitrogens is 2. The van der Waals surface area contributed by atoms with E-state index in [1.807, 2.05) is 6.20 Å². The molecule has 182 valence electrons. The fourth-order valence-electron chi connectivity index (χ4n) is 5.78. The normalized spacial score (nSPS) is 18.2. The summed E-state index contributed by atoms with van der Waals surface area (Å²) in [5.41, 5.74) is 9.21. The summed E-state index contributed by atoms with van der Waals surface area (Å²) in [5, 5.41) is 0. The Morgan fingerprint density at radius 1 is 1.03 bits per heavy atom. The summed E-state index contributed by atoms with van der Waals surface area (Å²) in [4.78, 5) is 15.1. The highest BCUT2D eigenvalue weighted by Crippen LogP contribution is 2.39. The molecule has 4 nitrogen and oxygen atoms in total. The first-order valence-corrected chi connectivity index (χ1v) is 13.9. The van der Waals surface area contributed by atoms with Crippen molar-refractivity contribution >= 4 is 22.7 Å². The van der Waals surface area contributed by atoms with Crippen LogP contribution in [0.15, 0.2) is 30.6 Å². The lowest BCUT2D eigenvalue weighted by Gasteiger charge is -2.32. The number of piperidine rings is 1. The lowest BCUT2D eigenvalue weighted by Crippen LogP contribution is -2.34. The molecule has 3 aromatic rings. The molecule has 0 atom stereocenters. The van der Waals surface area contributed by atoms with Crippen LogP contribution in [0.5, 0.6) is 0 Å². The van der Waals surface area contributed by atoms with Gasteiger partial charge in [0.15, 0.2) is 0 Å². The highest BCUT2D eigenvalue weighted by Gasteiger charge is 2.33. The Balaban J connectivity index is 1.47. The maximum Gasteiger partial charge on any atom is 0.0923 e. The third-order valence-corrected chi connectivity index (χ3v) is 7.90. The highest BCUT2D eigenvalue weighted by molar-refractivity contribution is 5.85. The summed E-state index contributed by atoms with van der Waals surface area (Å²) in [6.07, 6.45) is 20.3. The maximum absolute atomic E-state index is 5.29. The molecule has 1 saturated heterocycles. The van der Waals surface area contributed by atoms with Crippen LogP contribution in [0.25, 0.3) is 22.7 Å². The van der Waals surface area contributed by atoms with Crippen LogP contribution in [0.3, 0.4) is 0 Å². The molecule has 1 saturated carbocycles. The number of aryl methyl sites for hydroxylation is 1. The van der Waals surface area contributed by atoms with Crippen LogP contribution in [-0.2, 0) is 6.42 Å². The van der Waals surface area contributed by atoms with E-state index in [4.69, 9.17) is 4.98 Å². The molecule has 2 aliphatic rings. The van der Waals surface area contributed by atoms with Gasteiger partial charge in [-0.1, -0.05) is 33.1 Å². The van der Waals surface area contributed by atoms with E-state index in [0.29, 0.717) is 5.92 Å². The Morgan fingerprint density at radius 2 is 1.85 bits per heavy atom. The lowest BCUT2D eigenvalue weighted by molar-refractivity contribution is 0.203. The molecular weight excluding hydrogens is 416 g/mol. The maximum atomic E-state index is 5.29. The number of hydrogen-bond acceptors (Lipinski definition) is 2. The SMILES string of the molecule is CCCCC/C(=C\c1ccc2[nH]c(CCCC)c(C3CCN(C4CC4)CC3)c2n1)c1cc[nH]c1. The summed E-state index contributed by atoms with van der Waals surface area (Å²) >= 11 is 0. The van der Waals surface area contributed by atoms with E-state index in [1.165, 1.54) is 104 Å². The molecule has 0 bridgehead atoms. The van der Waals surface area contributed by atoms with Gasteiger partial charge in [0.25, 0.3) is 0 Å². The Bertz CT molecular complexity index is 1080. The zero-order chi connectivity index (χ0) is 23.3. The number of allylic oxidation sites excluding steroid dienone is 1. The second-order valence-corrected chi connectivity index (χ2v) is 10.5. The van der Waals surface area contributed by atoms with Gasteiger partial charge in [0, 0.05) is 29.7 Å². The van der Waals surface area contributed by atoms with E-state index in [1.54, 1.807) is 0 Å². The van der Waals surface area contributed by atoms with Crippen molar-refractivity contribution in [3.05, 3.63) is 53.1 Å². The highest BCUT2D eigenvalue weighted by atomic mass is 15.2. The lowest BCUT2D eigenvalue weighted by atomic mass is 9.87. The molecule has 2 fully saturated rings. The van der Waals surface area contributed by atoms with Crippen LogP contribution in [0.2, 0.25) is 0 Å². The van der Waals surface area contributed by atoms with E-state index in [9.17, 15) is 0 Å².